The molecule has 0 N–H and O–H groups in total. The van der Waals surface area contributed by atoms with Gasteiger partial charge < -0.3 is 13.9 Å². The Labute approximate surface area is 146 Å². The molecule has 6 nitrogen and oxygen atoms in total. The van der Waals surface area contributed by atoms with Crippen molar-refractivity contribution in [2.24, 2.45) is 7.05 Å². The SMILES string of the molecule is Cn1cnnc1C1CCN(c2c(C#N)cccc2-c2ccoc2)CC1. The van der Waals surface area contributed by atoms with Crippen LogP contribution in [0.3, 0.4) is 0 Å². The number of benzene rings is 1. The van der Waals surface area contributed by atoms with Crippen LogP contribution in [0.1, 0.15) is 30.1 Å². The van der Waals surface area contributed by atoms with Gasteiger partial charge in [0, 0.05) is 37.2 Å². The second kappa shape index (κ2) is 6.44. The maximum atomic E-state index is 9.59. The summed E-state index contributed by atoms with van der Waals surface area (Å²) in [5.41, 5.74) is 3.76. The highest BCUT2D eigenvalue weighted by molar-refractivity contribution is 5.82. The number of furan rings is 1. The normalized spacial score (nSPS) is 15.3. The van der Waals surface area contributed by atoms with Crippen molar-refractivity contribution in [2.45, 2.75) is 18.8 Å². The van der Waals surface area contributed by atoms with Crippen LogP contribution in [0.15, 0.2) is 47.5 Å². The van der Waals surface area contributed by atoms with E-state index in [4.69, 9.17) is 4.42 Å². The zero-order chi connectivity index (χ0) is 17.2. The van der Waals surface area contributed by atoms with Crippen molar-refractivity contribution in [2.75, 3.05) is 18.0 Å². The first kappa shape index (κ1) is 15.5. The van der Waals surface area contributed by atoms with Crippen molar-refractivity contribution >= 4 is 5.69 Å². The van der Waals surface area contributed by atoms with E-state index in [1.54, 1.807) is 18.9 Å². The van der Waals surface area contributed by atoms with Gasteiger partial charge in [-0.2, -0.15) is 5.26 Å². The van der Waals surface area contributed by atoms with Gasteiger partial charge in [-0.25, -0.2) is 0 Å². The molecule has 0 bridgehead atoms. The first-order valence-corrected chi connectivity index (χ1v) is 8.42. The van der Waals surface area contributed by atoms with Crippen molar-refractivity contribution < 1.29 is 4.42 Å². The molecule has 0 aliphatic carbocycles. The molecule has 0 unspecified atom stereocenters. The third-order valence-electron chi connectivity index (χ3n) is 4.91. The fraction of sp³-hybridized carbons (Fsp3) is 0.316. The number of aryl methyl sites for hydroxylation is 1. The Morgan fingerprint density at radius 2 is 2.08 bits per heavy atom. The second-order valence-electron chi connectivity index (χ2n) is 6.39. The molecule has 0 atom stereocenters. The Kier molecular flexibility index (Phi) is 3.98. The summed E-state index contributed by atoms with van der Waals surface area (Å²) < 4.78 is 7.25. The average molecular weight is 333 g/mol. The lowest BCUT2D eigenvalue weighted by molar-refractivity contribution is 0.474. The quantitative estimate of drug-likeness (QED) is 0.735. The van der Waals surface area contributed by atoms with E-state index < -0.39 is 0 Å². The minimum absolute atomic E-state index is 0.412. The molecule has 1 fully saturated rings. The van der Waals surface area contributed by atoms with Crippen molar-refractivity contribution in [1.29, 1.82) is 5.26 Å². The molecule has 6 heteroatoms. The van der Waals surface area contributed by atoms with Gasteiger partial charge in [0.1, 0.15) is 18.2 Å². The molecule has 0 amide bonds. The number of para-hydroxylation sites is 1. The molecule has 1 saturated heterocycles. The highest BCUT2D eigenvalue weighted by Gasteiger charge is 2.26. The fourth-order valence-corrected chi connectivity index (χ4v) is 3.65. The first-order valence-electron chi connectivity index (χ1n) is 8.42. The standard InChI is InChI=1S/C19H19N5O/c1-23-13-21-22-19(23)14-5-8-24(9-6-14)18-15(11-20)3-2-4-17(18)16-7-10-25-12-16/h2-4,7,10,12-14H,5-6,8-9H2,1H3. The number of rotatable bonds is 3. The van der Waals surface area contributed by atoms with Gasteiger partial charge in [-0.15, -0.1) is 10.2 Å². The number of aromatic nitrogens is 3. The fourth-order valence-electron chi connectivity index (χ4n) is 3.65. The summed E-state index contributed by atoms with van der Waals surface area (Å²) in [4.78, 5) is 2.31. The van der Waals surface area contributed by atoms with E-state index in [9.17, 15) is 5.26 Å². The van der Waals surface area contributed by atoms with Crippen LogP contribution < -0.4 is 4.90 Å². The number of hydrogen-bond acceptors (Lipinski definition) is 5. The van der Waals surface area contributed by atoms with Crippen LogP contribution in [0.25, 0.3) is 11.1 Å². The van der Waals surface area contributed by atoms with Crippen LogP contribution in [0.2, 0.25) is 0 Å². The van der Waals surface area contributed by atoms with Gasteiger partial charge in [0.25, 0.3) is 0 Å². The van der Waals surface area contributed by atoms with Crippen LogP contribution in [-0.2, 0) is 7.05 Å². The largest absolute Gasteiger partial charge is 0.472 e. The molecule has 0 spiro atoms. The molecular weight excluding hydrogens is 314 g/mol. The molecule has 3 aromatic rings. The van der Waals surface area contributed by atoms with E-state index >= 15 is 0 Å². The molecule has 1 aromatic carbocycles. The van der Waals surface area contributed by atoms with Gasteiger partial charge >= 0.3 is 0 Å². The molecule has 2 aromatic heterocycles. The van der Waals surface area contributed by atoms with Gasteiger partial charge in [-0.3, -0.25) is 0 Å². The molecule has 4 rings (SSSR count). The Morgan fingerprint density at radius 3 is 2.72 bits per heavy atom. The Morgan fingerprint density at radius 1 is 1.24 bits per heavy atom. The summed E-state index contributed by atoms with van der Waals surface area (Å²) >= 11 is 0. The summed E-state index contributed by atoms with van der Waals surface area (Å²) in [5, 5.41) is 17.8. The molecule has 1 aliphatic rings. The van der Waals surface area contributed by atoms with Crippen LogP contribution >= 0.6 is 0 Å². The Hall–Kier alpha value is -3.07. The maximum Gasteiger partial charge on any atom is 0.135 e. The highest BCUT2D eigenvalue weighted by Crippen LogP contribution is 2.37. The van der Waals surface area contributed by atoms with E-state index in [1.807, 2.05) is 29.8 Å². The minimum atomic E-state index is 0.412. The predicted octanol–water partition coefficient (Wildman–Crippen LogP) is 3.33. The van der Waals surface area contributed by atoms with Gasteiger partial charge in [0.15, 0.2) is 0 Å². The van der Waals surface area contributed by atoms with Gasteiger partial charge in [-0.05, 0) is 25.0 Å². The van der Waals surface area contributed by atoms with Crippen LogP contribution in [-0.4, -0.2) is 27.9 Å². The average Bonchev–Trinajstić information content (AvgIpc) is 3.33. The van der Waals surface area contributed by atoms with Crippen molar-refractivity contribution in [3.05, 3.63) is 54.5 Å². The molecule has 126 valence electrons. The lowest BCUT2D eigenvalue weighted by Crippen LogP contribution is -2.34. The number of hydrogen-bond donors (Lipinski definition) is 0. The minimum Gasteiger partial charge on any atom is -0.472 e. The van der Waals surface area contributed by atoms with Gasteiger partial charge in [0.05, 0.1) is 23.8 Å². The summed E-state index contributed by atoms with van der Waals surface area (Å²) in [6.07, 6.45) is 7.14. The van der Waals surface area contributed by atoms with Crippen LogP contribution in [0.4, 0.5) is 5.69 Å². The van der Waals surface area contributed by atoms with E-state index in [2.05, 4.69) is 27.2 Å². The molecule has 3 heterocycles. The number of anilines is 1. The van der Waals surface area contributed by atoms with Crippen LogP contribution in [0, 0.1) is 11.3 Å². The summed E-state index contributed by atoms with van der Waals surface area (Å²) in [5.74, 6) is 1.46. The molecule has 1 aliphatic heterocycles. The van der Waals surface area contributed by atoms with Crippen molar-refractivity contribution in [3.8, 4) is 17.2 Å². The van der Waals surface area contributed by atoms with E-state index in [1.165, 1.54) is 0 Å². The van der Waals surface area contributed by atoms with E-state index in [-0.39, 0.29) is 0 Å². The van der Waals surface area contributed by atoms with Crippen molar-refractivity contribution in [1.82, 2.24) is 14.8 Å². The monoisotopic (exact) mass is 333 g/mol. The Balaban J connectivity index is 1.63. The smallest absolute Gasteiger partial charge is 0.135 e. The summed E-state index contributed by atoms with van der Waals surface area (Å²) in [6.45, 7) is 1.78. The zero-order valence-electron chi connectivity index (χ0n) is 14.1. The van der Waals surface area contributed by atoms with Crippen molar-refractivity contribution in [3.63, 3.8) is 0 Å². The first-order chi connectivity index (χ1) is 12.3. The molecule has 25 heavy (non-hydrogen) atoms. The third kappa shape index (κ3) is 2.78. The lowest BCUT2D eigenvalue weighted by atomic mass is 9.93. The number of piperidine rings is 1. The zero-order valence-corrected chi connectivity index (χ0v) is 14.1. The summed E-state index contributed by atoms with van der Waals surface area (Å²) in [7, 11) is 1.99. The second-order valence-corrected chi connectivity index (χ2v) is 6.39. The van der Waals surface area contributed by atoms with Gasteiger partial charge in [-0.1, -0.05) is 12.1 Å². The molecule has 0 radical (unpaired) electrons. The lowest BCUT2D eigenvalue weighted by Gasteiger charge is -2.34. The van der Waals surface area contributed by atoms with E-state index in [0.717, 1.165) is 48.6 Å². The van der Waals surface area contributed by atoms with Gasteiger partial charge in [0.2, 0.25) is 0 Å². The molecular formula is C19H19N5O. The topological polar surface area (TPSA) is 70.9 Å². The molecule has 0 saturated carbocycles. The Bertz CT molecular complexity index is 898. The number of nitrogens with zero attached hydrogens (tertiary/aromatic N) is 5. The highest BCUT2D eigenvalue weighted by atomic mass is 16.3. The number of nitriles is 1. The predicted molar refractivity (Wildman–Crippen MR) is 94.1 cm³/mol. The van der Waals surface area contributed by atoms with Crippen LogP contribution in [0.5, 0.6) is 0 Å². The van der Waals surface area contributed by atoms with E-state index in [0.29, 0.717) is 11.5 Å². The summed E-state index contributed by atoms with van der Waals surface area (Å²) in [6, 6.07) is 10.1. The third-order valence-corrected chi connectivity index (χ3v) is 4.91. The maximum absolute atomic E-state index is 9.59.